The Morgan fingerprint density at radius 3 is 2.55 bits per heavy atom. The van der Waals surface area contributed by atoms with Crippen LogP contribution in [-0.2, 0) is 22.2 Å². The van der Waals surface area contributed by atoms with E-state index in [2.05, 4.69) is 0 Å². The Bertz CT molecular complexity index is 815. The molecule has 1 aliphatic heterocycles. The van der Waals surface area contributed by atoms with Crippen molar-refractivity contribution in [1.82, 2.24) is 0 Å². The minimum atomic E-state index is -3.47. The van der Waals surface area contributed by atoms with Crippen molar-refractivity contribution in [3.05, 3.63) is 65.2 Å². The number of carbonyl (C=O) groups is 1. The summed E-state index contributed by atoms with van der Waals surface area (Å²) in [6.07, 6.45) is 0.532. The first-order valence-electron chi connectivity index (χ1n) is 6.88. The molecule has 114 valence electrons. The summed E-state index contributed by atoms with van der Waals surface area (Å²) in [4.78, 5) is 11.0. The van der Waals surface area contributed by atoms with Gasteiger partial charge in [-0.2, -0.15) is 0 Å². The molecule has 0 bridgehead atoms. The van der Waals surface area contributed by atoms with Crippen molar-refractivity contribution in [2.75, 3.05) is 10.8 Å². The quantitative estimate of drug-likeness (QED) is 0.939. The number of carboxylic acid groups (broad SMARTS) is 1. The highest BCUT2D eigenvalue weighted by Crippen LogP contribution is 2.32. The molecule has 22 heavy (non-hydrogen) atoms. The van der Waals surface area contributed by atoms with E-state index < -0.39 is 16.0 Å². The zero-order valence-electron chi connectivity index (χ0n) is 11.8. The first-order chi connectivity index (χ1) is 10.5. The summed E-state index contributed by atoms with van der Waals surface area (Å²) < 4.78 is 26.6. The molecule has 0 atom stereocenters. The summed E-state index contributed by atoms with van der Waals surface area (Å²) in [5, 5.41) is 9.00. The van der Waals surface area contributed by atoms with Crippen LogP contribution in [0.4, 0.5) is 5.69 Å². The third kappa shape index (κ3) is 2.69. The van der Waals surface area contributed by atoms with Gasteiger partial charge in [0.2, 0.25) is 10.0 Å². The SMILES string of the molecule is O=C(O)c1ccc2c(c1)CCN2S(=O)(=O)Cc1ccccc1. The van der Waals surface area contributed by atoms with E-state index in [1.807, 2.05) is 18.2 Å². The summed E-state index contributed by atoms with van der Waals surface area (Å²) >= 11 is 0. The van der Waals surface area contributed by atoms with Crippen LogP contribution < -0.4 is 4.31 Å². The van der Waals surface area contributed by atoms with E-state index in [0.717, 1.165) is 11.1 Å². The number of hydrogen-bond acceptors (Lipinski definition) is 3. The van der Waals surface area contributed by atoms with E-state index in [-0.39, 0.29) is 11.3 Å². The highest BCUT2D eigenvalue weighted by molar-refractivity contribution is 7.92. The molecule has 6 heteroatoms. The third-order valence-electron chi connectivity index (χ3n) is 3.71. The predicted octanol–water partition coefficient (Wildman–Crippen LogP) is 2.28. The lowest BCUT2D eigenvalue weighted by Crippen LogP contribution is -2.30. The van der Waals surface area contributed by atoms with Gasteiger partial charge in [-0.3, -0.25) is 4.31 Å². The van der Waals surface area contributed by atoms with Gasteiger partial charge < -0.3 is 5.11 Å². The van der Waals surface area contributed by atoms with Crippen molar-refractivity contribution in [1.29, 1.82) is 0 Å². The lowest BCUT2D eigenvalue weighted by molar-refractivity contribution is 0.0697. The number of benzene rings is 2. The molecular formula is C16H15NO4S. The summed E-state index contributed by atoms with van der Waals surface area (Å²) in [6.45, 7) is 0.355. The van der Waals surface area contributed by atoms with Crippen LogP contribution in [0.3, 0.4) is 0 Å². The van der Waals surface area contributed by atoms with Crippen LogP contribution in [0.15, 0.2) is 48.5 Å². The maximum absolute atomic E-state index is 12.6. The second kappa shape index (κ2) is 5.46. The van der Waals surface area contributed by atoms with Crippen LogP contribution in [0, 0.1) is 0 Å². The summed E-state index contributed by atoms with van der Waals surface area (Å²) in [5.41, 5.74) is 2.26. The topological polar surface area (TPSA) is 74.7 Å². The van der Waals surface area contributed by atoms with Gasteiger partial charge in [-0.25, -0.2) is 13.2 Å². The van der Waals surface area contributed by atoms with Crippen molar-refractivity contribution in [3.63, 3.8) is 0 Å². The lowest BCUT2D eigenvalue weighted by atomic mass is 10.1. The molecule has 0 spiro atoms. The van der Waals surface area contributed by atoms with Gasteiger partial charge in [-0.15, -0.1) is 0 Å². The molecule has 0 amide bonds. The molecule has 1 heterocycles. The van der Waals surface area contributed by atoms with E-state index >= 15 is 0 Å². The first-order valence-corrected chi connectivity index (χ1v) is 8.49. The molecule has 0 aromatic heterocycles. The molecule has 0 saturated carbocycles. The standard InChI is InChI=1S/C16H15NO4S/c18-16(19)14-6-7-15-13(10-14)8-9-17(15)22(20,21)11-12-4-2-1-3-5-12/h1-7,10H,8-9,11H2,(H,18,19). The van der Waals surface area contributed by atoms with Crippen molar-refractivity contribution < 1.29 is 18.3 Å². The van der Waals surface area contributed by atoms with Crippen molar-refractivity contribution >= 4 is 21.7 Å². The fraction of sp³-hybridized carbons (Fsp3) is 0.188. The van der Waals surface area contributed by atoms with E-state index in [4.69, 9.17) is 5.11 Å². The molecule has 1 N–H and O–H groups in total. The second-order valence-electron chi connectivity index (χ2n) is 5.21. The normalized spacial score (nSPS) is 13.9. The monoisotopic (exact) mass is 317 g/mol. The molecule has 0 fully saturated rings. The molecule has 0 radical (unpaired) electrons. The van der Waals surface area contributed by atoms with E-state index in [1.54, 1.807) is 24.3 Å². The fourth-order valence-electron chi connectivity index (χ4n) is 2.66. The molecule has 2 aromatic carbocycles. The first kappa shape index (κ1) is 14.6. The average Bonchev–Trinajstić information content (AvgIpc) is 2.91. The molecule has 2 aromatic rings. The Morgan fingerprint density at radius 2 is 1.86 bits per heavy atom. The van der Waals surface area contributed by atoms with Gasteiger partial charge in [-0.05, 0) is 35.7 Å². The van der Waals surface area contributed by atoms with Gasteiger partial charge in [0.25, 0.3) is 0 Å². The van der Waals surface area contributed by atoms with Crippen LogP contribution in [0.25, 0.3) is 0 Å². The number of hydrogen-bond donors (Lipinski definition) is 1. The smallest absolute Gasteiger partial charge is 0.335 e. The largest absolute Gasteiger partial charge is 0.478 e. The zero-order chi connectivity index (χ0) is 15.7. The van der Waals surface area contributed by atoms with Crippen LogP contribution >= 0.6 is 0 Å². The van der Waals surface area contributed by atoms with Crippen molar-refractivity contribution in [3.8, 4) is 0 Å². The summed E-state index contributed by atoms with van der Waals surface area (Å²) in [7, 11) is -3.47. The number of nitrogens with zero attached hydrogens (tertiary/aromatic N) is 1. The van der Waals surface area contributed by atoms with E-state index in [9.17, 15) is 13.2 Å². The number of sulfonamides is 1. The molecular weight excluding hydrogens is 302 g/mol. The van der Waals surface area contributed by atoms with Crippen LogP contribution in [0.1, 0.15) is 21.5 Å². The van der Waals surface area contributed by atoms with Crippen LogP contribution in [-0.4, -0.2) is 26.0 Å². The van der Waals surface area contributed by atoms with Gasteiger partial charge in [0.05, 0.1) is 17.0 Å². The van der Waals surface area contributed by atoms with Gasteiger partial charge in [0.15, 0.2) is 0 Å². The van der Waals surface area contributed by atoms with Crippen molar-refractivity contribution in [2.24, 2.45) is 0 Å². The third-order valence-corrected chi connectivity index (χ3v) is 5.46. The Balaban J connectivity index is 1.90. The molecule has 0 unspecified atom stereocenters. The predicted molar refractivity (Wildman–Crippen MR) is 83.5 cm³/mol. The Kier molecular flexibility index (Phi) is 3.62. The average molecular weight is 317 g/mol. The summed E-state index contributed by atoms with van der Waals surface area (Å²) in [5.74, 6) is -1.07. The molecule has 5 nitrogen and oxygen atoms in total. The number of fused-ring (bicyclic) bond motifs is 1. The highest BCUT2D eigenvalue weighted by atomic mass is 32.2. The highest BCUT2D eigenvalue weighted by Gasteiger charge is 2.29. The molecule has 3 rings (SSSR count). The van der Waals surface area contributed by atoms with Crippen LogP contribution in [0.5, 0.6) is 0 Å². The minimum absolute atomic E-state index is 0.0615. The van der Waals surface area contributed by atoms with E-state index in [1.165, 1.54) is 10.4 Å². The van der Waals surface area contributed by atoms with Gasteiger partial charge in [-0.1, -0.05) is 30.3 Å². The van der Waals surface area contributed by atoms with Gasteiger partial charge >= 0.3 is 5.97 Å². The maximum Gasteiger partial charge on any atom is 0.335 e. The number of rotatable bonds is 4. The van der Waals surface area contributed by atoms with Crippen LogP contribution in [0.2, 0.25) is 0 Å². The Morgan fingerprint density at radius 1 is 1.14 bits per heavy atom. The van der Waals surface area contributed by atoms with Crippen molar-refractivity contribution in [2.45, 2.75) is 12.2 Å². The Hall–Kier alpha value is -2.34. The number of anilines is 1. The second-order valence-corrected chi connectivity index (χ2v) is 7.11. The molecule has 1 aliphatic rings. The van der Waals surface area contributed by atoms with Gasteiger partial charge in [0.1, 0.15) is 0 Å². The molecule has 0 aliphatic carbocycles. The Labute approximate surface area is 128 Å². The maximum atomic E-state index is 12.6. The summed E-state index contributed by atoms with van der Waals surface area (Å²) in [6, 6.07) is 13.6. The fourth-order valence-corrected chi connectivity index (χ4v) is 4.27. The number of carboxylic acids is 1. The number of aromatic carboxylic acids is 1. The molecule has 0 saturated heterocycles. The minimum Gasteiger partial charge on any atom is -0.478 e. The lowest BCUT2D eigenvalue weighted by Gasteiger charge is -2.19. The van der Waals surface area contributed by atoms with Gasteiger partial charge in [0, 0.05) is 6.54 Å². The van der Waals surface area contributed by atoms with E-state index in [0.29, 0.717) is 18.7 Å². The zero-order valence-corrected chi connectivity index (χ0v) is 12.6.